The number of aromatic nitrogens is 1. The van der Waals surface area contributed by atoms with Gasteiger partial charge in [-0.25, -0.2) is 5.43 Å². The van der Waals surface area contributed by atoms with Crippen molar-refractivity contribution in [1.29, 1.82) is 0 Å². The van der Waals surface area contributed by atoms with Crippen molar-refractivity contribution in [2.24, 2.45) is 5.10 Å². The van der Waals surface area contributed by atoms with Gasteiger partial charge in [0.1, 0.15) is 17.4 Å². The summed E-state index contributed by atoms with van der Waals surface area (Å²) in [6.45, 7) is 1.54. The highest BCUT2D eigenvalue weighted by atomic mass is 35.5. The number of nitrogens with one attached hydrogen (secondary N) is 1. The molecule has 0 saturated carbocycles. The fraction of sp³-hybridized carbons (Fsp3) is 0.200. The first-order valence-electron chi connectivity index (χ1n) is 7.10. The van der Waals surface area contributed by atoms with Crippen LogP contribution in [-0.2, 0) is 16.1 Å². The molecule has 2 aromatic rings. The van der Waals surface area contributed by atoms with Crippen LogP contribution in [0.1, 0.15) is 22.2 Å². The molecule has 0 spiro atoms. The van der Waals surface area contributed by atoms with Gasteiger partial charge >= 0.3 is 10.8 Å². The Labute approximate surface area is 151 Å². The lowest BCUT2D eigenvalue weighted by Gasteiger charge is -2.03. The summed E-state index contributed by atoms with van der Waals surface area (Å²) < 4.78 is 5.82. The number of hydrazone groups is 1. The number of esters is 1. The Bertz CT molecular complexity index is 874. The average Bonchev–Trinajstić information content (AvgIpc) is 2.83. The van der Waals surface area contributed by atoms with Crippen molar-refractivity contribution in [2.75, 3.05) is 6.61 Å². The fourth-order valence-electron chi connectivity index (χ4n) is 1.83. The molecule has 1 aromatic heterocycles. The standard InChI is InChI=1S/C15H14ClN3O5S/c1-2-24-12(21)8-19-13(16)11(25-15(19)23)7-17-18-14(22)9-5-3-4-6-10(9)20/h3-7,20H,2,8H2,1H3,(H,18,22)/b17-7+. The van der Waals surface area contributed by atoms with Crippen molar-refractivity contribution >= 4 is 41.0 Å². The van der Waals surface area contributed by atoms with Crippen molar-refractivity contribution < 1.29 is 19.4 Å². The third-order valence-electron chi connectivity index (χ3n) is 2.95. The predicted octanol–water partition coefficient (Wildman–Crippen LogP) is 1.60. The summed E-state index contributed by atoms with van der Waals surface area (Å²) in [5.41, 5.74) is 2.28. The smallest absolute Gasteiger partial charge is 0.326 e. The molecule has 0 atom stereocenters. The number of carbonyl (C=O) groups excluding carboxylic acids is 2. The fourth-order valence-corrected chi connectivity index (χ4v) is 2.93. The molecule has 0 aliphatic rings. The third kappa shape index (κ3) is 4.68. The maximum absolute atomic E-state index is 11.9. The molecule has 0 aliphatic heterocycles. The number of benzene rings is 1. The van der Waals surface area contributed by atoms with E-state index in [9.17, 15) is 19.5 Å². The Hall–Kier alpha value is -2.65. The lowest BCUT2D eigenvalue weighted by molar-refractivity contribution is -0.143. The van der Waals surface area contributed by atoms with Gasteiger partial charge in [0.2, 0.25) is 0 Å². The highest BCUT2D eigenvalue weighted by Gasteiger charge is 2.15. The number of halogens is 1. The highest BCUT2D eigenvalue weighted by Crippen LogP contribution is 2.17. The van der Waals surface area contributed by atoms with E-state index in [0.29, 0.717) is 0 Å². The topological polar surface area (TPSA) is 110 Å². The summed E-state index contributed by atoms with van der Waals surface area (Å²) in [6, 6.07) is 5.98. The van der Waals surface area contributed by atoms with Crippen molar-refractivity contribution in [3.63, 3.8) is 0 Å². The van der Waals surface area contributed by atoms with Gasteiger partial charge in [-0.15, -0.1) is 0 Å². The van der Waals surface area contributed by atoms with Gasteiger partial charge in [-0.2, -0.15) is 5.10 Å². The SMILES string of the molecule is CCOC(=O)Cn1c(Cl)c(/C=N/NC(=O)c2ccccc2O)sc1=O. The van der Waals surface area contributed by atoms with Gasteiger partial charge in [0.25, 0.3) is 5.91 Å². The number of para-hydroxylation sites is 1. The van der Waals surface area contributed by atoms with Gasteiger partial charge in [-0.3, -0.25) is 19.0 Å². The maximum Gasteiger partial charge on any atom is 0.326 e. The molecule has 2 N–H and O–H groups in total. The first-order chi connectivity index (χ1) is 11.9. The zero-order valence-corrected chi connectivity index (χ0v) is 14.6. The molecule has 0 radical (unpaired) electrons. The van der Waals surface area contributed by atoms with Gasteiger partial charge < -0.3 is 9.84 Å². The second-order valence-electron chi connectivity index (χ2n) is 4.63. The molecule has 132 valence electrons. The van der Waals surface area contributed by atoms with Crippen molar-refractivity contribution in [1.82, 2.24) is 9.99 Å². The summed E-state index contributed by atoms with van der Waals surface area (Å²) in [5.74, 6) is -1.39. The Morgan fingerprint density at radius 2 is 2.16 bits per heavy atom. The van der Waals surface area contributed by atoms with E-state index < -0.39 is 16.7 Å². The van der Waals surface area contributed by atoms with E-state index in [0.717, 1.165) is 15.9 Å². The molecule has 1 heterocycles. The minimum Gasteiger partial charge on any atom is -0.507 e. The van der Waals surface area contributed by atoms with E-state index in [-0.39, 0.29) is 34.5 Å². The molecule has 8 nitrogen and oxygen atoms in total. The van der Waals surface area contributed by atoms with Crippen LogP contribution in [0.3, 0.4) is 0 Å². The zero-order chi connectivity index (χ0) is 18.4. The normalized spacial score (nSPS) is 10.8. The molecule has 2 rings (SSSR count). The molecule has 1 aromatic carbocycles. The summed E-state index contributed by atoms with van der Waals surface area (Å²) in [6.07, 6.45) is 1.19. The Balaban J connectivity index is 2.09. The molecular weight excluding hydrogens is 370 g/mol. The van der Waals surface area contributed by atoms with Crippen LogP contribution in [0.4, 0.5) is 0 Å². The number of carbonyl (C=O) groups is 2. The number of phenolic OH excluding ortho intramolecular Hbond substituents is 1. The second-order valence-corrected chi connectivity index (χ2v) is 5.98. The Kier molecular flexibility index (Phi) is 6.31. The van der Waals surface area contributed by atoms with E-state index >= 15 is 0 Å². The lowest BCUT2D eigenvalue weighted by Crippen LogP contribution is -2.21. The Morgan fingerprint density at radius 3 is 2.84 bits per heavy atom. The largest absolute Gasteiger partial charge is 0.507 e. The van der Waals surface area contributed by atoms with Crippen molar-refractivity contribution in [3.05, 3.63) is 49.5 Å². The number of rotatable bonds is 6. The minimum absolute atomic E-state index is 0.0172. The van der Waals surface area contributed by atoms with E-state index in [1.54, 1.807) is 19.1 Å². The van der Waals surface area contributed by atoms with Crippen LogP contribution >= 0.6 is 22.9 Å². The number of hydrogen-bond donors (Lipinski definition) is 2. The molecule has 0 unspecified atom stereocenters. The van der Waals surface area contributed by atoms with Gasteiger partial charge in [0.15, 0.2) is 0 Å². The Morgan fingerprint density at radius 1 is 1.44 bits per heavy atom. The molecule has 10 heteroatoms. The first kappa shape index (κ1) is 18.7. The number of thiazole rings is 1. The number of amides is 1. The van der Waals surface area contributed by atoms with E-state index in [1.807, 2.05) is 0 Å². The monoisotopic (exact) mass is 383 g/mol. The molecular formula is C15H14ClN3O5S. The number of hydrogen-bond acceptors (Lipinski definition) is 7. The molecule has 0 bridgehead atoms. The quantitative estimate of drug-likeness (QED) is 0.447. The van der Waals surface area contributed by atoms with Crippen LogP contribution in [0.15, 0.2) is 34.2 Å². The van der Waals surface area contributed by atoms with Crippen molar-refractivity contribution in [2.45, 2.75) is 13.5 Å². The predicted molar refractivity (Wildman–Crippen MR) is 93.4 cm³/mol. The second kappa shape index (κ2) is 8.45. The zero-order valence-electron chi connectivity index (χ0n) is 13.1. The van der Waals surface area contributed by atoms with Gasteiger partial charge in [-0.05, 0) is 19.1 Å². The van der Waals surface area contributed by atoms with Crippen LogP contribution in [-0.4, -0.2) is 34.4 Å². The van der Waals surface area contributed by atoms with Gasteiger partial charge in [-0.1, -0.05) is 35.1 Å². The molecule has 0 fully saturated rings. The maximum atomic E-state index is 11.9. The first-order valence-corrected chi connectivity index (χ1v) is 8.29. The molecule has 1 amide bonds. The van der Waals surface area contributed by atoms with Crippen LogP contribution in [0, 0.1) is 0 Å². The summed E-state index contributed by atoms with van der Waals surface area (Å²) >= 11 is 6.82. The van der Waals surface area contributed by atoms with Crippen LogP contribution in [0.5, 0.6) is 5.75 Å². The van der Waals surface area contributed by atoms with E-state index in [1.165, 1.54) is 18.3 Å². The molecule has 0 aliphatic carbocycles. The average molecular weight is 384 g/mol. The van der Waals surface area contributed by atoms with Crippen molar-refractivity contribution in [3.8, 4) is 5.75 Å². The number of ether oxygens (including phenoxy) is 1. The van der Waals surface area contributed by atoms with Crippen LogP contribution in [0.25, 0.3) is 0 Å². The molecule has 0 saturated heterocycles. The van der Waals surface area contributed by atoms with Crippen LogP contribution in [0.2, 0.25) is 5.15 Å². The van der Waals surface area contributed by atoms with Gasteiger partial charge in [0.05, 0.1) is 23.3 Å². The lowest BCUT2D eigenvalue weighted by atomic mass is 10.2. The minimum atomic E-state index is -0.622. The van der Waals surface area contributed by atoms with Gasteiger partial charge in [0, 0.05) is 0 Å². The summed E-state index contributed by atoms with van der Waals surface area (Å²) in [7, 11) is 0. The van der Waals surface area contributed by atoms with E-state index in [2.05, 4.69) is 10.5 Å². The molecule has 25 heavy (non-hydrogen) atoms. The third-order valence-corrected chi connectivity index (χ3v) is 4.38. The summed E-state index contributed by atoms with van der Waals surface area (Å²) in [4.78, 5) is 35.0. The summed E-state index contributed by atoms with van der Waals surface area (Å²) in [5, 5.41) is 13.3. The van der Waals surface area contributed by atoms with Crippen LogP contribution < -0.4 is 10.3 Å². The highest BCUT2D eigenvalue weighted by molar-refractivity contribution is 7.11. The van der Waals surface area contributed by atoms with E-state index in [4.69, 9.17) is 16.3 Å². The number of nitrogens with zero attached hydrogens (tertiary/aromatic N) is 2. The number of aromatic hydroxyl groups is 1. The number of phenols is 1.